The summed E-state index contributed by atoms with van der Waals surface area (Å²) < 4.78 is 32.5. The lowest BCUT2D eigenvalue weighted by Gasteiger charge is -2.37. The highest BCUT2D eigenvalue weighted by atomic mass is 32.2. The molecular weight excluding hydrogens is 288 g/mol. The van der Waals surface area contributed by atoms with E-state index in [0.29, 0.717) is 18.4 Å². The molecule has 2 rings (SSSR count). The summed E-state index contributed by atoms with van der Waals surface area (Å²) in [6.07, 6.45) is 3.80. The predicted molar refractivity (Wildman–Crippen MR) is 83.1 cm³/mol. The van der Waals surface area contributed by atoms with Crippen molar-refractivity contribution < 1.29 is 13.0 Å². The molecule has 0 bridgehead atoms. The molecule has 5 nitrogen and oxygen atoms in total. The highest BCUT2D eigenvalue weighted by Gasteiger charge is 2.33. The van der Waals surface area contributed by atoms with Gasteiger partial charge in [0.15, 0.2) is 0 Å². The molecule has 1 aromatic rings. The normalized spacial score (nSPS) is 22.9. The van der Waals surface area contributed by atoms with Gasteiger partial charge in [-0.25, -0.2) is 0 Å². The van der Waals surface area contributed by atoms with Gasteiger partial charge in [-0.2, -0.15) is 8.42 Å². The zero-order valence-electron chi connectivity index (χ0n) is 12.2. The Hall–Kier alpha value is -1.47. The molecule has 1 unspecified atom stereocenters. The molecule has 6 heteroatoms. The standard InChI is InChI=1S/C15H20N2O3S/c1-17(2)15(16)9-8-14(21(18,19)20)13(11-15)10-12-6-4-3-5-7-12/h3-9H,10-11,16H2,1-2H3,(H,18,19,20). The number of rotatable bonds is 4. The molecule has 0 aromatic heterocycles. The number of nitrogens with zero attached hydrogens (tertiary/aromatic N) is 1. The summed E-state index contributed by atoms with van der Waals surface area (Å²) in [6, 6.07) is 9.52. The average Bonchev–Trinajstić information content (AvgIpc) is 2.38. The van der Waals surface area contributed by atoms with E-state index in [0.717, 1.165) is 5.56 Å². The Balaban J connectivity index is 2.43. The monoisotopic (exact) mass is 308 g/mol. The Labute approximate surface area is 125 Å². The summed E-state index contributed by atoms with van der Waals surface area (Å²) in [7, 11) is -0.580. The van der Waals surface area contributed by atoms with Crippen LogP contribution in [0, 0.1) is 0 Å². The second kappa shape index (κ2) is 5.73. The highest BCUT2D eigenvalue weighted by Crippen LogP contribution is 2.31. The first-order valence-electron chi connectivity index (χ1n) is 6.61. The quantitative estimate of drug-likeness (QED) is 0.651. The van der Waals surface area contributed by atoms with E-state index in [2.05, 4.69) is 0 Å². The van der Waals surface area contributed by atoms with Crippen LogP contribution in [0.25, 0.3) is 0 Å². The summed E-state index contributed by atoms with van der Waals surface area (Å²) in [4.78, 5) is 1.78. The number of hydrogen-bond donors (Lipinski definition) is 2. The minimum absolute atomic E-state index is 0.0470. The van der Waals surface area contributed by atoms with Crippen LogP contribution in [0.3, 0.4) is 0 Å². The predicted octanol–water partition coefficient (Wildman–Crippen LogP) is 1.55. The minimum atomic E-state index is -4.25. The Kier molecular flexibility index (Phi) is 4.34. The van der Waals surface area contributed by atoms with E-state index >= 15 is 0 Å². The minimum Gasteiger partial charge on any atom is -0.310 e. The maximum absolute atomic E-state index is 11.6. The van der Waals surface area contributed by atoms with Crippen LogP contribution in [0.5, 0.6) is 0 Å². The van der Waals surface area contributed by atoms with E-state index in [9.17, 15) is 13.0 Å². The van der Waals surface area contributed by atoms with Crippen LogP contribution in [0.15, 0.2) is 53.0 Å². The van der Waals surface area contributed by atoms with Gasteiger partial charge in [0.1, 0.15) is 0 Å². The van der Waals surface area contributed by atoms with Gasteiger partial charge in [-0.05, 0) is 43.8 Å². The number of hydrogen-bond acceptors (Lipinski definition) is 4. The Morgan fingerprint density at radius 3 is 2.43 bits per heavy atom. The lowest BCUT2D eigenvalue weighted by molar-refractivity contribution is 0.210. The van der Waals surface area contributed by atoms with E-state index < -0.39 is 15.8 Å². The first kappa shape index (κ1) is 15.9. The molecule has 0 spiro atoms. The Morgan fingerprint density at radius 1 is 1.29 bits per heavy atom. The Morgan fingerprint density at radius 2 is 1.90 bits per heavy atom. The van der Waals surface area contributed by atoms with Crippen molar-refractivity contribution >= 4 is 10.1 Å². The molecule has 21 heavy (non-hydrogen) atoms. The summed E-state index contributed by atoms with van der Waals surface area (Å²) in [5, 5.41) is 0. The second-order valence-corrected chi connectivity index (χ2v) is 6.89. The molecule has 1 aliphatic rings. The molecule has 1 aliphatic carbocycles. The molecule has 0 saturated heterocycles. The molecule has 3 N–H and O–H groups in total. The number of likely N-dealkylation sites (N-methyl/N-ethyl adjacent to an activating group) is 1. The van der Waals surface area contributed by atoms with E-state index in [-0.39, 0.29) is 4.91 Å². The van der Waals surface area contributed by atoms with E-state index in [1.54, 1.807) is 6.08 Å². The molecule has 1 atom stereocenters. The summed E-state index contributed by atoms with van der Waals surface area (Å²) in [5.41, 5.74) is 7.12. The van der Waals surface area contributed by atoms with Gasteiger partial charge >= 0.3 is 0 Å². The van der Waals surface area contributed by atoms with E-state index in [4.69, 9.17) is 5.73 Å². The van der Waals surface area contributed by atoms with Gasteiger partial charge < -0.3 is 5.73 Å². The number of nitrogens with two attached hydrogens (primary N) is 1. The zero-order valence-corrected chi connectivity index (χ0v) is 13.0. The third kappa shape index (κ3) is 3.59. The fraction of sp³-hybridized carbons (Fsp3) is 0.333. The van der Waals surface area contributed by atoms with Crippen molar-refractivity contribution in [3.63, 3.8) is 0 Å². The Bertz CT molecular complexity index is 678. The largest absolute Gasteiger partial charge is 0.310 e. The molecular formula is C15H20N2O3S. The van der Waals surface area contributed by atoms with E-state index in [1.807, 2.05) is 49.3 Å². The first-order valence-corrected chi connectivity index (χ1v) is 8.05. The van der Waals surface area contributed by atoms with Gasteiger partial charge in [-0.1, -0.05) is 30.3 Å². The third-order valence-corrected chi connectivity index (χ3v) is 4.72. The van der Waals surface area contributed by atoms with Gasteiger partial charge in [-0.3, -0.25) is 9.45 Å². The van der Waals surface area contributed by atoms with Crippen molar-refractivity contribution in [2.24, 2.45) is 5.73 Å². The van der Waals surface area contributed by atoms with Crippen LogP contribution < -0.4 is 5.73 Å². The topological polar surface area (TPSA) is 83.6 Å². The van der Waals surface area contributed by atoms with Crippen molar-refractivity contribution in [2.45, 2.75) is 18.5 Å². The fourth-order valence-corrected chi connectivity index (χ4v) is 3.14. The van der Waals surface area contributed by atoms with Crippen molar-refractivity contribution in [3.05, 3.63) is 58.5 Å². The van der Waals surface area contributed by atoms with E-state index in [1.165, 1.54) is 6.08 Å². The molecule has 0 radical (unpaired) electrons. The lowest BCUT2D eigenvalue weighted by atomic mass is 9.90. The van der Waals surface area contributed by atoms with Crippen LogP contribution in [0.4, 0.5) is 0 Å². The first-order chi connectivity index (χ1) is 9.72. The highest BCUT2D eigenvalue weighted by molar-refractivity contribution is 7.90. The van der Waals surface area contributed by atoms with Gasteiger partial charge in [0.25, 0.3) is 10.1 Å². The van der Waals surface area contributed by atoms with Crippen molar-refractivity contribution in [2.75, 3.05) is 14.1 Å². The third-order valence-electron chi connectivity index (χ3n) is 3.74. The number of allylic oxidation sites excluding steroid dienone is 1. The smallest absolute Gasteiger partial charge is 0.294 e. The average molecular weight is 308 g/mol. The SMILES string of the molecule is CN(C)C1(N)C=CC(S(=O)(=O)O)=C(Cc2ccccc2)C1. The van der Waals surface area contributed by atoms with Crippen LogP contribution in [0.2, 0.25) is 0 Å². The van der Waals surface area contributed by atoms with Crippen molar-refractivity contribution in [1.29, 1.82) is 0 Å². The van der Waals surface area contributed by atoms with Crippen molar-refractivity contribution in [1.82, 2.24) is 4.90 Å². The summed E-state index contributed by atoms with van der Waals surface area (Å²) in [5.74, 6) is 0. The van der Waals surface area contributed by atoms with Gasteiger partial charge in [-0.15, -0.1) is 0 Å². The molecule has 0 amide bonds. The molecule has 0 heterocycles. The van der Waals surface area contributed by atoms with Crippen LogP contribution in [-0.2, 0) is 16.5 Å². The lowest BCUT2D eigenvalue weighted by Crippen LogP contribution is -2.52. The zero-order chi connectivity index (χ0) is 15.7. The molecule has 0 fully saturated rings. The van der Waals surface area contributed by atoms with Crippen LogP contribution in [0.1, 0.15) is 12.0 Å². The van der Waals surface area contributed by atoms with Crippen molar-refractivity contribution in [3.8, 4) is 0 Å². The summed E-state index contributed by atoms with van der Waals surface area (Å²) in [6.45, 7) is 0. The molecule has 0 aliphatic heterocycles. The maximum atomic E-state index is 11.6. The molecule has 0 saturated carbocycles. The van der Waals surface area contributed by atoms with Gasteiger partial charge in [0.05, 0.1) is 10.6 Å². The molecule has 114 valence electrons. The van der Waals surface area contributed by atoms with Gasteiger partial charge in [0.2, 0.25) is 0 Å². The summed E-state index contributed by atoms with van der Waals surface area (Å²) >= 11 is 0. The fourth-order valence-electron chi connectivity index (χ4n) is 2.39. The second-order valence-electron chi connectivity index (χ2n) is 5.50. The van der Waals surface area contributed by atoms with Gasteiger partial charge in [0, 0.05) is 6.42 Å². The maximum Gasteiger partial charge on any atom is 0.294 e. The number of benzene rings is 1. The van der Waals surface area contributed by atoms with Crippen LogP contribution >= 0.6 is 0 Å². The molecule has 1 aromatic carbocycles. The van der Waals surface area contributed by atoms with Crippen LogP contribution in [-0.4, -0.2) is 37.6 Å².